The van der Waals surface area contributed by atoms with E-state index in [0.717, 1.165) is 12.8 Å². The van der Waals surface area contributed by atoms with Crippen LogP contribution < -0.4 is 20.6 Å². The van der Waals surface area contributed by atoms with E-state index in [1.807, 2.05) is 0 Å². The van der Waals surface area contributed by atoms with E-state index in [4.69, 9.17) is 0 Å². The average Bonchev–Trinajstić information content (AvgIpc) is 3.15. The maximum atomic E-state index is 2.62. The van der Waals surface area contributed by atoms with E-state index in [-0.39, 0.29) is 6.85 Å². The number of hydrogen-bond acceptors (Lipinski definition) is 2. The molecule has 222 valence electrons. The standard InChI is InChI=1S/C44H33BN2/c1-2-14-31(15-3-1)37-28-32-17-4-5-18-33(32)29-43(37)46-41-25-11-9-23-38(41)45-44-36(22-13-27-42(44)46)35-21-8-10-24-40(35)47(45)39-26-12-19-30-16-6-7-20-34(30)39/h1-3,6-16,19-29H,4-5,17-18H2. The van der Waals surface area contributed by atoms with Gasteiger partial charge < -0.3 is 9.71 Å². The van der Waals surface area contributed by atoms with Gasteiger partial charge in [-0.05, 0) is 101 Å². The third-order valence-electron chi connectivity index (χ3n) is 10.6. The highest BCUT2D eigenvalue weighted by atomic mass is 15.2. The zero-order valence-corrected chi connectivity index (χ0v) is 26.2. The molecule has 1 aliphatic carbocycles. The van der Waals surface area contributed by atoms with Crippen molar-refractivity contribution in [3.05, 3.63) is 163 Å². The zero-order valence-electron chi connectivity index (χ0n) is 26.2. The van der Waals surface area contributed by atoms with E-state index >= 15 is 0 Å². The molecule has 0 atom stereocenters. The highest BCUT2D eigenvalue weighted by Gasteiger charge is 2.45. The van der Waals surface area contributed by atoms with Crippen LogP contribution in [-0.2, 0) is 12.8 Å². The summed E-state index contributed by atoms with van der Waals surface area (Å²) in [6.45, 7) is 0.0205. The summed E-state index contributed by atoms with van der Waals surface area (Å²) in [7, 11) is 0. The molecular formula is C44H33BN2. The van der Waals surface area contributed by atoms with Gasteiger partial charge in [-0.15, -0.1) is 0 Å². The van der Waals surface area contributed by atoms with Gasteiger partial charge in [0.05, 0.1) is 5.69 Å². The summed E-state index contributed by atoms with van der Waals surface area (Å²) in [5.41, 5.74) is 17.1. The second-order valence-electron chi connectivity index (χ2n) is 13.1. The van der Waals surface area contributed by atoms with E-state index in [9.17, 15) is 0 Å². The van der Waals surface area contributed by atoms with Crippen molar-refractivity contribution in [1.29, 1.82) is 0 Å². The molecule has 3 aliphatic rings. The Balaban J connectivity index is 1.29. The van der Waals surface area contributed by atoms with Crippen molar-refractivity contribution in [1.82, 2.24) is 0 Å². The van der Waals surface area contributed by atoms with Crippen molar-refractivity contribution in [3.63, 3.8) is 0 Å². The first-order chi connectivity index (χ1) is 23.3. The van der Waals surface area contributed by atoms with Gasteiger partial charge in [0.2, 0.25) is 0 Å². The molecule has 2 nitrogen and oxygen atoms in total. The molecule has 10 rings (SSSR count). The first-order valence-corrected chi connectivity index (χ1v) is 16.9. The van der Waals surface area contributed by atoms with Crippen LogP contribution in [0.3, 0.4) is 0 Å². The van der Waals surface area contributed by atoms with Crippen molar-refractivity contribution in [2.75, 3.05) is 9.71 Å². The fourth-order valence-electron chi connectivity index (χ4n) is 8.55. The van der Waals surface area contributed by atoms with Crippen LogP contribution in [0.1, 0.15) is 24.0 Å². The van der Waals surface area contributed by atoms with Crippen molar-refractivity contribution in [2.24, 2.45) is 0 Å². The fraction of sp³-hybridized carbons (Fsp3) is 0.0909. The van der Waals surface area contributed by atoms with Crippen LogP contribution in [0, 0.1) is 0 Å². The van der Waals surface area contributed by atoms with Gasteiger partial charge in [0.1, 0.15) is 0 Å². The molecular weight excluding hydrogens is 567 g/mol. The lowest BCUT2D eigenvalue weighted by Crippen LogP contribution is -2.61. The Hall–Kier alpha value is -5.54. The second kappa shape index (κ2) is 10.5. The summed E-state index contributed by atoms with van der Waals surface area (Å²) >= 11 is 0. The molecule has 0 radical (unpaired) electrons. The Kier molecular flexibility index (Phi) is 5.96. The smallest absolute Gasteiger partial charge is 0.333 e. The number of benzene rings is 7. The number of anilines is 5. The lowest BCUT2D eigenvalue weighted by atomic mass is 9.43. The van der Waals surface area contributed by atoms with E-state index in [1.165, 1.54) is 96.4 Å². The highest BCUT2D eigenvalue weighted by molar-refractivity contribution is 6.93. The Labute approximate surface area is 276 Å². The van der Waals surface area contributed by atoms with Gasteiger partial charge in [-0.1, -0.05) is 115 Å². The molecule has 0 fully saturated rings. The van der Waals surface area contributed by atoms with Gasteiger partial charge in [0.15, 0.2) is 0 Å². The predicted molar refractivity (Wildman–Crippen MR) is 200 cm³/mol. The summed E-state index contributed by atoms with van der Waals surface area (Å²) in [5.74, 6) is 0. The third kappa shape index (κ3) is 3.99. The molecule has 2 aliphatic heterocycles. The summed E-state index contributed by atoms with van der Waals surface area (Å²) in [6, 6.07) is 56.6. The minimum atomic E-state index is 0.0205. The number of fused-ring (bicyclic) bond motifs is 6. The normalized spacial score (nSPS) is 14.3. The monoisotopic (exact) mass is 600 g/mol. The predicted octanol–water partition coefficient (Wildman–Crippen LogP) is 10.1. The van der Waals surface area contributed by atoms with Gasteiger partial charge in [-0.25, -0.2) is 0 Å². The Morgan fingerprint density at radius 2 is 1.09 bits per heavy atom. The molecule has 7 aromatic carbocycles. The summed E-state index contributed by atoms with van der Waals surface area (Å²) in [5, 5.41) is 2.53. The Bertz CT molecular complexity index is 2340. The molecule has 0 amide bonds. The van der Waals surface area contributed by atoms with E-state index in [1.54, 1.807) is 0 Å². The highest BCUT2D eigenvalue weighted by Crippen LogP contribution is 2.49. The van der Waals surface area contributed by atoms with E-state index in [0.29, 0.717) is 0 Å². The number of aryl methyl sites for hydroxylation is 2. The largest absolute Gasteiger partial charge is 0.376 e. The van der Waals surface area contributed by atoms with Crippen molar-refractivity contribution in [2.45, 2.75) is 25.7 Å². The molecule has 0 saturated heterocycles. The van der Waals surface area contributed by atoms with Gasteiger partial charge >= 0.3 is 6.85 Å². The molecule has 0 saturated carbocycles. The first kappa shape index (κ1) is 26.7. The van der Waals surface area contributed by atoms with Crippen LogP contribution in [0.15, 0.2) is 152 Å². The van der Waals surface area contributed by atoms with Crippen LogP contribution in [0.5, 0.6) is 0 Å². The maximum Gasteiger partial charge on any atom is 0.333 e. The van der Waals surface area contributed by atoms with Gasteiger partial charge in [0, 0.05) is 39.3 Å². The number of nitrogens with zero attached hydrogens (tertiary/aromatic N) is 2. The molecule has 7 aromatic rings. The Morgan fingerprint density at radius 1 is 0.447 bits per heavy atom. The summed E-state index contributed by atoms with van der Waals surface area (Å²) in [6.07, 6.45) is 4.83. The number of rotatable bonds is 3. The molecule has 2 heterocycles. The van der Waals surface area contributed by atoms with Crippen molar-refractivity contribution in [3.8, 4) is 22.3 Å². The molecule has 0 bridgehead atoms. The van der Waals surface area contributed by atoms with Crippen LogP contribution in [0.4, 0.5) is 28.4 Å². The maximum absolute atomic E-state index is 2.62. The van der Waals surface area contributed by atoms with Crippen molar-refractivity contribution >= 4 is 57.0 Å². The van der Waals surface area contributed by atoms with E-state index in [2.05, 4.69) is 161 Å². The van der Waals surface area contributed by atoms with Crippen LogP contribution >= 0.6 is 0 Å². The Morgan fingerprint density at radius 3 is 1.98 bits per heavy atom. The zero-order chi connectivity index (χ0) is 30.9. The molecule has 0 spiro atoms. The van der Waals surface area contributed by atoms with E-state index < -0.39 is 0 Å². The van der Waals surface area contributed by atoms with Crippen molar-refractivity contribution < 1.29 is 0 Å². The average molecular weight is 601 g/mol. The minimum absolute atomic E-state index is 0.0205. The summed E-state index contributed by atoms with van der Waals surface area (Å²) in [4.78, 5) is 5.20. The summed E-state index contributed by atoms with van der Waals surface area (Å²) < 4.78 is 0. The van der Waals surface area contributed by atoms with Gasteiger partial charge in [-0.3, -0.25) is 0 Å². The molecule has 3 heteroatoms. The minimum Gasteiger partial charge on any atom is -0.376 e. The fourth-order valence-corrected chi connectivity index (χ4v) is 8.55. The lowest BCUT2D eigenvalue weighted by molar-refractivity contribution is 0.686. The van der Waals surface area contributed by atoms with Crippen LogP contribution in [0.25, 0.3) is 33.0 Å². The number of hydrogen-bond donors (Lipinski definition) is 0. The first-order valence-electron chi connectivity index (χ1n) is 16.9. The number of para-hydroxylation sites is 2. The molecule has 0 aromatic heterocycles. The molecule has 0 unspecified atom stereocenters. The lowest BCUT2D eigenvalue weighted by Gasteiger charge is -2.46. The van der Waals surface area contributed by atoms with Crippen LogP contribution in [0.2, 0.25) is 0 Å². The topological polar surface area (TPSA) is 6.48 Å². The molecule has 47 heavy (non-hydrogen) atoms. The quantitative estimate of drug-likeness (QED) is 0.186. The molecule has 0 N–H and O–H groups in total. The SMILES string of the molecule is c1ccc(-c2cc3c(cc2N2c4ccccc4B4c5c(cccc52)-c2ccccc2N4c2cccc4ccccc24)CCCC3)cc1. The third-order valence-corrected chi connectivity index (χ3v) is 10.6. The van der Waals surface area contributed by atoms with Gasteiger partial charge in [0.25, 0.3) is 0 Å². The second-order valence-corrected chi connectivity index (χ2v) is 13.1. The van der Waals surface area contributed by atoms with Crippen LogP contribution in [-0.4, -0.2) is 6.85 Å². The van der Waals surface area contributed by atoms with Gasteiger partial charge in [-0.2, -0.15) is 0 Å².